The summed E-state index contributed by atoms with van der Waals surface area (Å²) in [6, 6.07) is 13.3. The van der Waals surface area contributed by atoms with Crippen LogP contribution in [0.5, 0.6) is 5.75 Å². The smallest absolute Gasteiger partial charge is 0.244 e. The standard InChI is InChI=1S/C21H28N2O4S/c1-6-19(23(28(5,25)26)17-13-11-15(2)12-14-17)21(24)22-16(3)18-9-7-8-10-20(18)27-4/h7-14,16,19H,6H2,1-5H3,(H,22,24)/t16-,19-/m0/s1. The van der Waals surface area contributed by atoms with Crippen molar-refractivity contribution in [3.05, 3.63) is 59.7 Å². The zero-order chi connectivity index (χ0) is 20.9. The molecule has 0 aliphatic heterocycles. The second kappa shape index (κ2) is 9.10. The van der Waals surface area contributed by atoms with Crippen LogP contribution in [0.2, 0.25) is 0 Å². The van der Waals surface area contributed by atoms with E-state index < -0.39 is 16.1 Å². The molecule has 0 bridgehead atoms. The van der Waals surface area contributed by atoms with Crippen molar-refractivity contribution in [2.75, 3.05) is 17.7 Å². The van der Waals surface area contributed by atoms with Crippen molar-refractivity contribution >= 4 is 21.6 Å². The van der Waals surface area contributed by atoms with E-state index in [4.69, 9.17) is 4.74 Å². The number of carbonyl (C=O) groups is 1. The summed E-state index contributed by atoms with van der Waals surface area (Å²) in [5.74, 6) is 0.314. The lowest BCUT2D eigenvalue weighted by molar-refractivity contribution is -0.122. The Kier molecular flexibility index (Phi) is 7.07. The number of carbonyl (C=O) groups excluding carboxylic acids is 1. The molecule has 0 aliphatic rings. The normalized spacial score (nSPS) is 13.5. The highest BCUT2D eigenvalue weighted by Crippen LogP contribution is 2.26. The van der Waals surface area contributed by atoms with E-state index in [1.807, 2.05) is 50.2 Å². The minimum Gasteiger partial charge on any atom is -0.496 e. The van der Waals surface area contributed by atoms with Crippen LogP contribution in [0.15, 0.2) is 48.5 Å². The molecule has 0 fully saturated rings. The van der Waals surface area contributed by atoms with Gasteiger partial charge in [-0.2, -0.15) is 0 Å². The molecule has 2 rings (SSSR count). The average molecular weight is 405 g/mol. The number of rotatable bonds is 8. The van der Waals surface area contributed by atoms with Crippen LogP contribution in [0.25, 0.3) is 0 Å². The molecular formula is C21H28N2O4S. The van der Waals surface area contributed by atoms with E-state index >= 15 is 0 Å². The molecule has 0 radical (unpaired) electrons. The third-order valence-electron chi connectivity index (χ3n) is 4.58. The highest BCUT2D eigenvalue weighted by molar-refractivity contribution is 7.92. The maximum atomic E-state index is 13.0. The molecule has 0 spiro atoms. The van der Waals surface area contributed by atoms with E-state index in [-0.39, 0.29) is 11.9 Å². The largest absolute Gasteiger partial charge is 0.496 e. The topological polar surface area (TPSA) is 75.7 Å². The fourth-order valence-electron chi connectivity index (χ4n) is 3.16. The summed E-state index contributed by atoms with van der Waals surface area (Å²) in [6.45, 7) is 5.57. The zero-order valence-corrected chi connectivity index (χ0v) is 17.8. The highest BCUT2D eigenvalue weighted by atomic mass is 32.2. The van der Waals surface area contributed by atoms with Crippen LogP contribution in [0.4, 0.5) is 5.69 Å². The number of para-hydroxylation sites is 1. The lowest BCUT2D eigenvalue weighted by Crippen LogP contribution is -2.49. The summed E-state index contributed by atoms with van der Waals surface area (Å²) in [5, 5.41) is 2.93. The Bertz CT molecular complexity index is 910. The van der Waals surface area contributed by atoms with E-state index in [1.54, 1.807) is 26.2 Å². The molecular weight excluding hydrogens is 376 g/mol. The Morgan fingerprint density at radius 3 is 2.29 bits per heavy atom. The number of sulfonamides is 1. The molecule has 0 saturated heterocycles. The number of amides is 1. The first kappa shape index (κ1) is 21.8. The second-order valence-corrected chi connectivity index (χ2v) is 8.65. The third kappa shape index (κ3) is 5.04. The van der Waals surface area contributed by atoms with Crippen molar-refractivity contribution in [2.45, 2.75) is 39.3 Å². The monoisotopic (exact) mass is 404 g/mol. The predicted molar refractivity (Wildman–Crippen MR) is 112 cm³/mol. The summed E-state index contributed by atoms with van der Waals surface area (Å²) in [5.41, 5.74) is 2.31. The Labute approximate surface area is 167 Å². The molecule has 1 N–H and O–H groups in total. The summed E-state index contributed by atoms with van der Waals surface area (Å²) in [7, 11) is -2.08. The van der Waals surface area contributed by atoms with Gasteiger partial charge in [-0.25, -0.2) is 8.42 Å². The number of ether oxygens (including phenoxy) is 1. The lowest BCUT2D eigenvalue weighted by Gasteiger charge is -2.31. The first-order valence-electron chi connectivity index (χ1n) is 9.18. The number of hydrogen-bond acceptors (Lipinski definition) is 4. The van der Waals surface area contributed by atoms with E-state index in [9.17, 15) is 13.2 Å². The van der Waals surface area contributed by atoms with Gasteiger partial charge in [0.05, 0.1) is 25.1 Å². The second-order valence-electron chi connectivity index (χ2n) is 6.79. The van der Waals surface area contributed by atoms with Crippen molar-refractivity contribution < 1.29 is 17.9 Å². The first-order valence-corrected chi connectivity index (χ1v) is 11.0. The average Bonchev–Trinajstić information content (AvgIpc) is 2.65. The van der Waals surface area contributed by atoms with Crippen LogP contribution in [-0.4, -0.2) is 33.7 Å². The SMILES string of the molecule is CC[C@@H](C(=O)N[C@@H](C)c1ccccc1OC)N(c1ccc(C)cc1)S(C)(=O)=O. The molecule has 2 atom stereocenters. The van der Waals surface area contributed by atoms with Crippen LogP contribution < -0.4 is 14.4 Å². The Morgan fingerprint density at radius 2 is 1.75 bits per heavy atom. The summed E-state index contributed by atoms with van der Waals surface area (Å²) < 4.78 is 31.6. The number of benzene rings is 2. The number of methoxy groups -OCH3 is 1. The highest BCUT2D eigenvalue weighted by Gasteiger charge is 2.32. The van der Waals surface area contributed by atoms with Crippen LogP contribution in [-0.2, 0) is 14.8 Å². The zero-order valence-electron chi connectivity index (χ0n) is 17.0. The van der Waals surface area contributed by atoms with Crippen molar-refractivity contribution in [2.24, 2.45) is 0 Å². The third-order valence-corrected chi connectivity index (χ3v) is 5.76. The molecule has 1 amide bonds. The van der Waals surface area contributed by atoms with Gasteiger partial charge in [-0.05, 0) is 38.5 Å². The van der Waals surface area contributed by atoms with Gasteiger partial charge in [0.1, 0.15) is 11.8 Å². The van der Waals surface area contributed by atoms with Gasteiger partial charge in [-0.1, -0.05) is 42.8 Å². The molecule has 152 valence electrons. The van der Waals surface area contributed by atoms with Crippen LogP contribution in [0.1, 0.15) is 37.4 Å². The van der Waals surface area contributed by atoms with Gasteiger partial charge in [0.2, 0.25) is 15.9 Å². The van der Waals surface area contributed by atoms with Gasteiger partial charge in [0, 0.05) is 5.56 Å². The van der Waals surface area contributed by atoms with Gasteiger partial charge < -0.3 is 10.1 Å². The fraction of sp³-hybridized carbons (Fsp3) is 0.381. The van der Waals surface area contributed by atoms with E-state index in [1.165, 1.54) is 4.31 Å². The van der Waals surface area contributed by atoms with Crippen LogP contribution in [0.3, 0.4) is 0 Å². The lowest BCUT2D eigenvalue weighted by atomic mass is 10.1. The Hall–Kier alpha value is -2.54. The minimum atomic E-state index is -3.65. The molecule has 7 heteroatoms. The number of aryl methyl sites for hydroxylation is 1. The number of hydrogen-bond donors (Lipinski definition) is 1. The fourth-order valence-corrected chi connectivity index (χ4v) is 4.38. The molecule has 0 unspecified atom stereocenters. The molecule has 28 heavy (non-hydrogen) atoms. The van der Waals surface area contributed by atoms with E-state index in [2.05, 4.69) is 5.32 Å². The van der Waals surface area contributed by atoms with Crippen molar-refractivity contribution in [1.29, 1.82) is 0 Å². The summed E-state index contributed by atoms with van der Waals surface area (Å²) >= 11 is 0. The molecule has 0 aromatic heterocycles. The maximum Gasteiger partial charge on any atom is 0.244 e. The Morgan fingerprint density at radius 1 is 1.14 bits per heavy atom. The van der Waals surface area contributed by atoms with Crippen LogP contribution >= 0.6 is 0 Å². The number of nitrogens with one attached hydrogen (secondary N) is 1. The van der Waals surface area contributed by atoms with Crippen LogP contribution in [0, 0.1) is 6.92 Å². The molecule has 2 aromatic rings. The van der Waals surface area contributed by atoms with Gasteiger partial charge in [-0.3, -0.25) is 9.10 Å². The van der Waals surface area contributed by atoms with Gasteiger partial charge in [-0.15, -0.1) is 0 Å². The molecule has 6 nitrogen and oxygen atoms in total. The van der Waals surface area contributed by atoms with Gasteiger partial charge in [0.25, 0.3) is 0 Å². The molecule has 0 aliphatic carbocycles. The van der Waals surface area contributed by atoms with Crippen molar-refractivity contribution in [3.63, 3.8) is 0 Å². The molecule has 0 heterocycles. The van der Waals surface area contributed by atoms with Gasteiger partial charge >= 0.3 is 0 Å². The summed E-state index contributed by atoms with van der Waals surface area (Å²) in [6.07, 6.45) is 1.46. The predicted octanol–water partition coefficient (Wildman–Crippen LogP) is 3.43. The van der Waals surface area contributed by atoms with E-state index in [0.717, 1.165) is 17.4 Å². The maximum absolute atomic E-state index is 13.0. The van der Waals surface area contributed by atoms with E-state index in [0.29, 0.717) is 17.9 Å². The van der Waals surface area contributed by atoms with Gasteiger partial charge in [0.15, 0.2) is 0 Å². The number of nitrogens with zero attached hydrogens (tertiary/aromatic N) is 1. The number of anilines is 1. The summed E-state index contributed by atoms with van der Waals surface area (Å²) in [4.78, 5) is 13.0. The van der Waals surface area contributed by atoms with Crippen molar-refractivity contribution in [1.82, 2.24) is 5.32 Å². The quantitative estimate of drug-likeness (QED) is 0.731. The van der Waals surface area contributed by atoms with Crippen molar-refractivity contribution in [3.8, 4) is 5.75 Å². The Balaban J connectivity index is 2.32. The molecule has 2 aromatic carbocycles. The first-order chi connectivity index (χ1) is 13.2. The molecule has 0 saturated carbocycles. The minimum absolute atomic E-state index is 0.336.